The van der Waals surface area contributed by atoms with Gasteiger partial charge in [0.05, 0.1) is 25.0 Å². The largest absolute Gasteiger partial charge is 0.494 e. The predicted molar refractivity (Wildman–Crippen MR) is 80.6 cm³/mol. The number of imidazole rings is 2. The number of aromatic nitrogens is 4. The van der Waals surface area contributed by atoms with E-state index in [1.807, 2.05) is 29.2 Å². The zero-order valence-electron chi connectivity index (χ0n) is 11.4. The van der Waals surface area contributed by atoms with Crippen LogP contribution in [0.15, 0.2) is 36.9 Å². The van der Waals surface area contributed by atoms with Crippen LogP contribution in [0.4, 0.5) is 0 Å². The second-order valence-electron chi connectivity index (χ2n) is 4.76. The highest BCUT2D eigenvalue weighted by Gasteiger charge is 2.13. The molecular weight excluding hydrogens is 272 g/mol. The normalized spacial score (nSPS) is 12.7. The molecule has 0 fully saturated rings. The maximum absolute atomic E-state index is 5.46. The Labute approximate surface area is 121 Å². The van der Waals surface area contributed by atoms with E-state index in [9.17, 15) is 0 Å². The summed E-state index contributed by atoms with van der Waals surface area (Å²) in [5.74, 6) is 0.808. The number of benzene rings is 1. The number of aromatic amines is 1. The van der Waals surface area contributed by atoms with Crippen molar-refractivity contribution < 1.29 is 4.74 Å². The van der Waals surface area contributed by atoms with Gasteiger partial charge in [0.1, 0.15) is 11.3 Å². The van der Waals surface area contributed by atoms with Crippen LogP contribution >= 0.6 is 12.2 Å². The van der Waals surface area contributed by atoms with Crippen LogP contribution in [0.5, 0.6) is 5.75 Å². The quantitative estimate of drug-likeness (QED) is 0.750. The number of H-pyrrole nitrogens is 1. The van der Waals surface area contributed by atoms with Crippen molar-refractivity contribution in [2.24, 2.45) is 0 Å². The number of hydrogen-bond donors (Lipinski definition) is 1. The van der Waals surface area contributed by atoms with E-state index in [2.05, 4.69) is 27.5 Å². The molecule has 0 saturated carbocycles. The van der Waals surface area contributed by atoms with E-state index in [0.29, 0.717) is 4.77 Å². The molecule has 104 valence electrons. The highest BCUT2D eigenvalue weighted by molar-refractivity contribution is 7.71. The molecule has 1 unspecified atom stereocenters. The first-order chi connectivity index (χ1) is 9.70. The first kappa shape index (κ1) is 12.9. The van der Waals surface area contributed by atoms with Crippen LogP contribution in [0.25, 0.3) is 11.0 Å². The van der Waals surface area contributed by atoms with Crippen molar-refractivity contribution in [2.45, 2.75) is 19.5 Å². The Morgan fingerprint density at radius 3 is 3.00 bits per heavy atom. The Morgan fingerprint density at radius 1 is 1.45 bits per heavy atom. The van der Waals surface area contributed by atoms with Crippen molar-refractivity contribution >= 4 is 23.3 Å². The molecule has 20 heavy (non-hydrogen) atoms. The van der Waals surface area contributed by atoms with E-state index in [1.165, 1.54) is 0 Å². The van der Waals surface area contributed by atoms with Gasteiger partial charge in [0.15, 0.2) is 4.77 Å². The number of hydrogen-bond acceptors (Lipinski definition) is 3. The Balaban J connectivity index is 2.07. The lowest BCUT2D eigenvalue weighted by atomic mass is 10.2. The van der Waals surface area contributed by atoms with Crippen molar-refractivity contribution in [3.05, 3.63) is 41.7 Å². The minimum absolute atomic E-state index is 0.220. The summed E-state index contributed by atoms with van der Waals surface area (Å²) in [6, 6.07) is 6.18. The van der Waals surface area contributed by atoms with Crippen molar-refractivity contribution in [3.8, 4) is 5.75 Å². The third-order valence-corrected chi connectivity index (χ3v) is 3.71. The number of nitrogens with one attached hydrogen (secondary N) is 1. The second kappa shape index (κ2) is 5.13. The highest BCUT2D eigenvalue weighted by atomic mass is 32.1. The molecule has 0 amide bonds. The fraction of sp³-hybridized carbons (Fsp3) is 0.286. The van der Waals surface area contributed by atoms with Crippen LogP contribution in [-0.4, -0.2) is 26.2 Å². The molecule has 6 heteroatoms. The summed E-state index contributed by atoms with van der Waals surface area (Å²) in [6.07, 6.45) is 5.55. The molecule has 0 radical (unpaired) electrons. The van der Waals surface area contributed by atoms with Crippen LogP contribution < -0.4 is 4.74 Å². The van der Waals surface area contributed by atoms with E-state index in [0.717, 1.165) is 23.3 Å². The number of methoxy groups -OCH3 is 1. The van der Waals surface area contributed by atoms with Gasteiger partial charge in [-0.1, -0.05) is 6.07 Å². The van der Waals surface area contributed by atoms with Crippen molar-refractivity contribution in [2.75, 3.05) is 7.11 Å². The Kier molecular flexibility index (Phi) is 3.31. The second-order valence-corrected chi connectivity index (χ2v) is 5.15. The lowest BCUT2D eigenvalue weighted by Gasteiger charge is -2.15. The fourth-order valence-corrected chi connectivity index (χ4v) is 2.89. The summed E-state index contributed by atoms with van der Waals surface area (Å²) in [6.45, 7) is 2.96. The number of nitrogens with zero attached hydrogens (tertiary/aromatic N) is 3. The van der Waals surface area contributed by atoms with Crippen LogP contribution in [0.2, 0.25) is 0 Å². The van der Waals surface area contributed by atoms with E-state index in [-0.39, 0.29) is 6.04 Å². The third kappa shape index (κ3) is 2.12. The maximum atomic E-state index is 5.46. The molecule has 5 nitrogen and oxygen atoms in total. The molecule has 2 aromatic heterocycles. The molecule has 0 saturated heterocycles. The molecule has 0 aliphatic heterocycles. The molecule has 1 aromatic carbocycles. The average molecular weight is 288 g/mol. The standard InChI is InChI=1S/C14H16N4OS/c1-10(8-17-7-6-15-9-17)18-11-4-3-5-12(19-2)13(11)16-14(18)20/h3-7,9-10H,8H2,1-2H3,(H,16,20). The maximum Gasteiger partial charge on any atom is 0.178 e. The summed E-state index contributed by atoms with van der Waals surface area (Å²) < 4.78 is 10.2. The van der Waals surface area contributed by atoms with Crippen LogP contribution in [0.1, 0.15) is 13.0 Å². The van der Waals surface area contributed by atoms with Gasteiger partial charge in [-0.25, -0.2) is 4.98 Å². The first-order valence-electron chi connectivity index (χ1n) is 6.43. The van der Waals surface area contributed by atoms with Gasteiger partial charge in [0.25, 0.3) is 0 Å². The van der Waals surface area contributed by atoms with Gasteiger partial charge in [-0.3, -0.25) is 0 Å². The predicted octanol–water partition coefficient (Wildman–Crippen LogP) is 3.17. The summed E-state index contributed by atoms with van der Waals surface area (Å²) in [4.78, 5) is 7.30. The van der Waals surface area contributed by atoms with E-state index in [1.54, 1.807) is 13.3 Å². The Hall–Kier alpha value is -2.08. The van der Waals surface area contributed by atoms with Gasteiger partial charge >= 0.3 is 0 Å². The smallest absolute Gasteiger partial charge is 0.178 e. The summed E-state index contributed by atoms with van der Waals surface area (Å²) in [5, 5.41) is 0. The molecule has 3 rings (SSSR count). The van der Waals surface area contributed by atoms with Gasteiger partial charge in [-0.15, -0.1) is 0 Å². The number of ether oxygens (including phenoxy) is 1. The van der Waals surface area contributed by atoms with Crippen LogP contribution in [0, 0.1) is 4.77 Å². The third-order valence-electron chi connectivity index (χ3n) is 3.41. The van der Waals surface area contributed by atoms with Crippen molar-refractivity contribution in [3.63, 3.8) is 0 Å². The average Bonchev–Trinajstić information content (AvgIpc) is 3.04. The van der Waals surface area contributed by atoms with Crippen molar-refractivity contribution in [1.29, 1.82) is 0 Å². The van der Waals surface area contributed by atoms with E-state index in [4.69, 9.17) is 17.0 Å². The number of para-hydroxylation sites is 1. The molecule has 0 aliphatic rings. The lowest BCUT2D eigenvalue weighted by Crippen LogP contribution is -2.12. The molecule has 0 spiro atoms. The molecule has 2 heterocycles. The monoisotopic (exact) mass is 288 g/mol. The molecule has 1 atom stereocenters. The number of rotatable bonds is 4. The lowest BCUT2D eigenvalue weighted by molar-refractivity contribution is 0.419. The van der Waals surface area contributed by atoms with Gasteiger partial charge < -0.3 is 18.9 Å². The molecule has 0 bridgehead atoms. The van der Waals surface area contributed by atoms with E-state index >= 15 is 0 Å². The Morgan fingerprint density at radius 2 is 2.30 bits per heavy atom. The minimum Gasteiger partial charge on any atom is -0.494 e. The topological polar surface area (TPSA) is 47.8 Å². The van der Waals surface area contributed by atoms with Crippen LogP contribution in [0.3, 0.4) is 0 Å². The Bertz CT molecular complexity index is 772. The summed E-state index contributed by atoms with van der Waals surface area (Å²) in [5.41, 5.74) is 2.00. The zero-order valence-corrected chi connectivity index (χ0v) is 12.2. The van der Waals surface area contributed by atoms with Gasteiger partial charge in [-0.05, 0) is 31.3 Å². The van der Waals surface area contributed by atoms with Crippen LogP contribution in [-0.2, 0) is 6.54 Å². The highest BCUT2D eigenvalue weighted by Crippen LogP contribution is 2.27. The first-order valence-corrected chi connectivity index (χ1v) is 6.84. The molecular formula is C14H16N4OS. The fourth-order valence-electron chi connectivity index (χ4n) is 2.51. The molecule has 3 aromatic rings. The van der Waals surface area contributed by atoms with E-state index < -0.39 is 0 Å². The zero-order chi connectivity index (χ0) is 14.1. The van der Waals surface area contributed by atoms with Gasteiger partial charge in [0.2, 0.25) is 0 Å². The summed E-state index contributed by atoms with van der Waals surface area (Å²) in [7, 11) is 1.66. The minimum atomic E-state index is 0.220. The summed E-state index contributed by atoms with van der Waals surface area (Å²) >= 11 is 5.46. The number of fused-ring (bicyclic) bond motifs is 1. The van der Waals surface area contributed by atoms with Gasteiger partial charge in [0, 0.05) is 18.9 Å². The van der Waals surface area contributed by atoms with Crippen molar-refractivity contribution in [1.82, 2.24) is 19.1 Å². The van der Waals surface area contributed by atoms with Gasteiger partial charge in [-0.2, -0.15) is 0 Å². The molecule has 1 N–H and O–H groups in total. The molecule has 0 aliphatic carbocycles. The SMILES string of the molecule is COc1cccc2c1[nH]c(=S)n2C(C)Cn1ccnc1.